The zero-order valence-corrected chi connectivity index (χ0v) is 14.1. The van der Waals surface area contributed by atoms with Gasteiger partial charge in [-0.15, -0.1) is 0 Å². The van der Waals surface area contributed by atoms with Crippen molar-refractivity contribution >= 4 is 23.1 Å². The Kier molecular flexibility index (Phi) is 5.17. The van der Waals surface area contributed by atoms with Crippen molar-refractivity contribution in [3.63, 3.8) is 0 Å². The van der Waals surface area contributed by atoms with E-state index < -0.39 is 17.2 Å². The fraction of sp³-hybridized carbons (Fsp3) is 0. The fourth-order valence-corrected chi connectivity index (χ4v) is 3.33. The molecular weight excluding hydrogens is 352 g/mol. The van der Waals surface area contributed by atoms with Crippen LogP contribution >= 0.6 is 11.8 Å². The van der Waals surface area contributed by atoms with E-state index in [2.05, 4.69) is 5.32 Å². The first-order valence-electron chi connectivity index (χ1n) is 7.55. The molecule has 0 aliphatic rings. The molecule has 3 aromatic carbocycles. The third-order valence-corrected chi connectivity index (χ3v) is 4.66. The molecular formula is C20H11F2N3S. The van der Waals surface area contributed by atoms with Crippen LogP contribution in [0.1, 0.15) is 11.1 Å². The molecule has 0 bridgehead atoms. The maximum atomic E-state index is 14.7. The van der Waals surface area contributed by atoms with Crippen molar-refractivity contribution in [1.82, 2.24) is 0 Å². The second-order valence-corrected chi connectivity index (χ2v) is 6.30. The number of para-hydroxylation sites is 1. The summed E-state index contributed by atoms with van der Waals surface area (Å²) in [7, 11) is 0. The third kappa shape index (κ3) is 3.37. The monoisotopic (exact) mass is 363 g/mol. The molecule has 1 N–H and O–H groups in total. The zero-order valence-electron chi connectivity index (χ0n) is 13.3. The van der Waals surface area contributed by atoms with Gasteiger partial charge in [0.15, 0.2) is 11.6 Å². The summed E-state index contributed by atoms with van der Waals surface area (Å²) in [6.07, 6.45) is 0. The summed E-state index contributed by atoms with van der Waals surface area (Å²) in [5.74, 6) is -2.48. The van der Waals surface area contributed by atoms with Crippen LogP contribution < -0.4 is 5.32 Å². The minimum Gasteiger partial charge on any atom is -0.353 e. The Morgan fingerprint density at radius 2 is 1.35 bits per heavy atom. The molecule has 0 saturated heterocycles. The average Bonchev–Trinajstić information content (AvgIpc) is 2.68. The number of nitrogens with one attached hydrogen (secondary N) is 1. The molecule has 26 heavy (non-hydrogen) atoms. The predicted molar refractivity (Wildman–Crippen MR) is 96.1 cm³/mol. The molecule has 0 radical (unpaired) electrons. The second kappa shape index (κ2) is 7.69. The maximum Gasteiger partial charge on any atom is 0.179 e. The van der Waals surface area contributed by atoms with Crippen molar-refractivity contribution in [3.8, 4) is 12.1 Å². The molecule has 0 heterocycles. The molecule has 3 nitrogen and oxygen atoms in total. The van der Waals surface area contributed by atoms with E-state index in [0.29, 0.717) is 10.6 Å². The lowest BCUT2D eigenvalue weighted by Crippen LogP contribution is -2.05. The molecule has 0 amide bonds. The van der Waals surface area contributed by atoms with Gasteiger partial charge in [0.05, 0.1) is 16.1 Å². The highest BCUT2D eigenvalue weighted by Gasteiger charge is 2.25. The highest BCUT2D eigenvalue weighted by Crippen LogP contribution is 2.41. The van der Waals surface area contributed by atoms with Gasteiger partial charge >= 0.3 is 0 Å². The molecule has 0 aliphatic heterocycles. The van der Waals surface area contributed by atoms with Crippen LogP contribution in [0.5, 0.6) is 0 Å². The number of hydrogen-bond acceptors (Lipinski definition) is 4. The van der Waals surface area contributed by atoms with Crippen LogP contribution in [0.25, 0.3) is 0 Å². The first kappa shape index (κ1) is 17.5. The average molecular weight is 363 g/mol. The zero-order chi connectivity index (χ0) is 18.5. The number of anilines is 2. The van der Waals surface area contributed by atoms with Crippen LogP contribution in [0.4, 0.5) is 20.2 Å². The van der Waals surface area contributed by atoms with E-state index >= 15 is 0 Å². The Bertz CT molecular complexity index is 1020. The third-order valence-electron chi connectivity index (χ3n) is 3.57. The van der Waals surface area contributed by atoms with Crippen LogP contribution in [-0.2, 0) is 0 Å². The highest BCUT2D eigenvalue weighted by atomic mass is 32.2. The Balaban J connectivity index is 2.22. The van der Waals surface area contributed by atoms with Crippen molar-refractivity contribution < 1.29 is 8.78 Å². The molecule has 3 aromatic rings. The van der Waals surface area contributed by atoms with E-state index in [0.717, 1.165) is 11.8 Å². The predicted octanol–water partition coefficient (Wildman–Crippen LogP) is 5.60. The highest BCUT2D eigenvalue weighted by molar-refractivity contribution is 7.99. The number of rotatable bonds is 4. The van der Waals surface area contributed by atoms with Gasteiger partial charge in [0.25, 0.3) is 0 Å². The summed E-state index contributed by atoms with van der Waals surface area (Å²) in [5.41, 5.74) is -0.175. The summed E-state index contributed by atoms with van der Waals surface area (Å²) >= 11 is 0.985. The summed E-state index contributed by atoms with van der Waals surface area (Å²) in [5, 5.41) is 21.6. The van der Waals surface area contributed by atoms with Gasteiger partial charge in [-0.3, -0.25) is 0 Å². The number of halogens is 2. The normalized spacial score (nSPS) is 10.0. The number of hydrogen-bond donors (Lipinski definition) is 1. The lowest BCUT2D eigenvalue weighted by molar-refractivity contribution is 0.490. The SMILES string of the molecule is N#Cc1c(F)c(F)c(Sc2ccccc2)c(Nc2ccccc2)c1C#N. The minimum atomic E-state index is -1.32. The topological polar surface area (TPSA) is 59.6 Å². The number of nitriles is 2. The molecule has 6 heteroatoms. The molecule has 0 spiro atoms. The molecule has 3 rings (SSSR count). The standard InChI is InChI=1S/C20H11F2N3S/c21-17-15(11-23)16(12-24)19(25-13-7-3-1-4-8-13)20(18(17)22)26-14-9-5-2-6-10-14/h1-10,25H. The van der Waals surface area contributed by atoms with E-state index in [1.165, 1.54) is 0 Å². The first-order chi connectivity index (χ1) is 12.7. The largest absolute Gasteiger partial charge is 0.353 e. The van der Waals surface area contributed by atoms with Gasteiger partial charge in [-0.05, 0) is 24.3 Å². The summed E-state index contributed by atoms with van der Waals surface area (Å²) in [4.78, 5) is 0.601. The van der Waals surface area contributed by atoms with Crippen molar-refractivity contribution in [3.05, 3.63) is 83.4 Å². The van der Waals surface area contributed by atoms with Crippen LogP contribution in [0, 0.1) is 34.3 Å². The quantitative estimate of drug-likeness (QED) is 0.655. The Hall–Kier alpha value is -3.35. The van der Waals surface area contributed by atoms with Crippen LogP contribution in [0.3, 0.4) is 0 Å². The maximum absolute atomic E-state index is 14.7. The van der Waals surface area contributed by atoms with Gasteiger partial charge in [0.1, 0.15) is 17.7 Å². The second-order valence-electron chi connectivity index (χ2n) is 5.21. The molecule has 0 saturated carbocycles. The smallest absolute Gasteiger partial charge is 0.179 e. The molecule has 0 atom stereocenters. The Morgan fingerprint density at radius 1 is 0.769 bits per heavy atom. The molecule has 126 valence electrons. The molecule has 0 unspecified atom stereocenters. The first-order valence-corrected chi connectivity index (χ1v) is 8.37. The van der Waals surface area contributed by atoms with E-state index in [-0.39, 0.29) is 16.1 Å². The van der Waals surface area contributed by atoms with Crippen molar-refractivity contribution in [2.75, 3.05) is 5.32 Å². The van der Waals surface area contributed by atoms with Crippen LogP contribution in [0.15, 0.2) is 70.5 Å². The van der Waals surface area contributed by atoms with E-state index in [4.69, 9.17) is 0 Å². The van der Waals surface area contributed by atoms with Crippen LogP contribution in [-0.4, -0.2) is 0 Å². The lowest BCUT2D eigenvalue weighted by atomic mass is 10.1. The fourth-order valence-electron chi connectivity index (χ4n) is 2.37. The Labute approximate surface area is 153 Å². The molecule has 0 fully saturated rings. The van der Waals surface area contributed by atoms with Gasteiger partial charge in [0, 0.05) is 10.6 Å². The number of benzene rings is 3. The van der Waals surface area contributed by atoms with Gasteiger partial charge in [-0.25, -0.2) is 8.78 Å². The summed E-state index contributed by atoms with van der Waals surface area (Å²) in [6, 6.07) is 21.1. The van der Waals surface area contributed by atoms with E-state index in [9.17, 15) is 19.3 Å². The molecule has 0 aromatic heterocycles. The van der Waals surface area contributed by atoms with Crippen molar-refractivity contribution in [2.45, 2.75) is 9.79 Å². The summed E-state index contributed by atoms with van der Waals surface area (Å²) < 4.78 is 29.1. The Morgan fingerprint density at radius 3 is 1.92 bits per heavy atom. The van der Waals surface area contributed by atoms with Crippen LogP contribution in [0.2, 0.25) is 0 Å². The van der Waals surface area contributed by atoms with Crippen molar-refractivity contribution in [2.24, 2.45) is 0 Å². The van der Waals surface area contributed by atoms with Gasteiger partial charge in [0.2, 0.25) is 0 Å². The summed E-state index contributed by atoms with van der Waals surface area (Å²) in [6.45, 7) is 0. The van der Waals surface area contributed by atoms with E-state index in [1.807, 2.05) is 18.2 Å². The minimum absolute atomic E-state index is 0.0722. The van der Waals surface area contributed by atoms with Gasteiger partial charge < -0.3 is 5.32 Å². The lowest BCUT2D eigenvalue weighted by Gasteiger charge is -2.16. The van der Waals surface area contributed by atoms with E-state index in [1.54, 1.807) is 54.6 Å². The number of nitrogens with zero attached hydrogens (tertiary/aromatic N) is 2. The molecule has 0 aliphatic carbocycles. The van der Waals surface area contributed by atoms with Gasteiger partial charge in [-0.2, -0.15) is 10.5 Å². The van der Waals surface area contributed by atoms with Crippen molar-refractivity contribution in [1.29, 1.82) is 10.5 Å². The van der Waals surface area contributed by atoms with Gasteiger partial charge in [-0.1, -0.05) is 48.2 Å².